The fourth-order valence-corrected chi connectivity index (χ4v) is 5.44. The smallest absolute Gasteiger partial charge is 0.333 e. The number of rotatable bonds is 8. The standard InChI is InChI=1S/C21H23ClN4O6S2/c22-18-15(16(27)4-3-11-1-2-11)9-33-20(18)19(29)14-7-24-10-25-21(14)26-13-5-12(17(28)6-13)8-32-34(23,30)31/h7,9-13,16-17,27-28H,1-2,5-6,8H2,(H2,23,30,31)(H,24,25,26)/t12-,13-,16+,17+/m1/s1. The van der Waals surface area contributed by atoms with E-state index in [1.54, 1.807) is 5.38 Å². The summed E-state index contributed by atoms with van der Waals surface area (Å²) in [6.45, 7) is -0.243. The summed E-state index contributed by atoms with van der Waals surface area (Å²) in [7, 11) is -4.11. The van der Waals surface area contributed by atoms with Crippen molar-refractivity contribution in [2.24, 2.45) is 17.0 Å². The van der Waals surface area contributed by atoms with Crippen molar-refractivity contribution < 1.29 is 27.6 Å². The van der Waals surface area contributed by atoms with Crippen LogP contribution in [0.4, 0.5) is 5.82 Å². The van der Waals surface area contributed by atoms with Gasteiger partial charge in [0, 0.05) is 29.6 Å². The second-order valence-corrected chi connectivity index (χ2v) is 10.8. The number of anilines is 1. The predicted molar refractivity (Wildman–Crippen MR) is 125 cm³/mol. The molecule has 0 aliphatic heterocycles. The zero-order valence-electron chi connectivity index (χ0n) is 17.8. The highest BCUT2D eigenvalue weighted by molar-refractivity contribution is 7.84. The van der Waals surface area contributed by atoms with E-state index in [1.807, 2.05) is 0 Å². The minimum atomic E-state index is -4.11. The van der Waals surface area contributed by atoms with Gasteiger partial charge in [-0.15, -0.1) is 11.3 Å². The van der Waals surface area contributed by atoms with E-state index in [2.05, 4.69) is 31.3 Å². The summed E-state index contributed by atoms with van der Waals surface area (Å²) in [6.07, 6.45) is 3.50. The first kappa shape index (κ1) is 25.0. The first-order valence-corrected chi connectivity index (χ1v) is 13.3. The Kier molecular flexibility index (Phi) is 7.54. The Bertz CT molecular complexity index is 1240. The molecular formula is C21H23ClN4O6S2. The molecule has 4 rings (SSSR count). The Hall–Kier alpha value is -2.11. The van der Waals surface area contributed by atoms with Crippen LogP contribution in [0.5, 0.6) is 0 Å². The van der Waals surface area contributed by atoms with Crippen LogP contribution >= 0.6 is 22.9 Å². The Morgan fingerprint density at radius 2 is 2.18 bits per heavy atom. The molecule has 0 unspecified atom stereocenters. The summed E-state index contributed by atoms with van der Waals surface area (Å²) in [5.41, 5.74) is 0.557. The molecule has 4 atom stereocenters. The van der Waals surface area contributed by atoms with Crippen LogP contribution in [-0.4, -0.2) is 53.1 Å². The van der Waals surface area contributed by atoms with Gasteiger partial charge in [0.05, 0.1) is 28.2 Å². The van der Waals surface area contributed by atoms with Gasteiger partial charge < -0.3 is 15.5 Å². The Morgan fingerprint density at radius 1 is 1.41 bits per heavy atom. The molecule has 2 fully saturated rings. The van der Waals surface area contributed by atoms with E-state index in [4.69, 9.17) is 16.7 Å². The van der Waals surface area contributed by atoms with Gasteiger partial charge in [0.15, 0.2) is 0 Å². The lowest BCUT2D eigenvalue weighted by Gasteiger charge is -2.15. The Balaban J connectivity index is 1.48. The quantitative estimate of drug-likeness (QED) is 0.295. The van der Waals surface area contributed by atoms with Gasteiger partial charge in [-0.25, -0.2) is 15.1 Å². The van der Waals surface area contributed by atoms with Crippen molar-refractivity contribution in [3.63, 3.8) is 0 Å². The van der Waals surface area contributed by atoms with E-state index in [-0.39, 0.29) is 33.9 Å². The van der Waals surface area contributed by atoms with Crippen molar-refractivity contribution in [2.45, 2.75) is 43.9 Å². The van der Waals surface area contributed by atoms with Gasteiger partial charge in [-0.3, -0.25) is 8.98 Å². The lowest BCUT2D eigenvalue weighted by Crippen LogP contribution is -2.24. The van der Waals surface area contributed by atoms with Crippen molar-refractivity contribution in [1.82, 2.24) is 9.97 Å². The van der Waals surface area contributed by atoms with E-state index in [9.17, 15) is 23.4 Å². The largest absolute Gasteiger partial charge is 0.393 e. The average molecular weight is 527 g/mol. The molecule has 2 aliphatic carbocycles. The molecule has 2 aromatic rings. The van der Waals surface area contributed by atoms with Gasteiger partial charge in [0.25, 0.3) is 0 Å². The summed E-state index contributed by atoms with van der Waals surface area (Å²) < 4.78 is 26.7. The maximum atomic E-state index is 13.3. The number of nitrogens with one attached hydrogen (secondary N) is 1. The molecule has 5 N–H and O–H groups in total. The van der Waals surface area contributed by atoms with Crippen molar-refractivity contribution in [1.29, 1.82) is 0 Å². The number of carbonyl (C=O) groups excluding carboxylic acids is 1. The second-order valence-electron chi connectivity index (χ2n) is 8.33. The van der Waals surface area contributed by atoms with Crippen LogP contribution in [0.25, 0.3) is 0 Å². The molecule has 13 heteroatoms. The highest BCUT2D eigenvalue weighted by Crippen LogP contribution is 2.36. The van der Waals surface area contributed by atoms with Crippen LogP contribution in [0, 0.1) is 23.7 Å². The molecule has 0 aromatic carbocycles. The van der Waals surface area contributed by atoms with Crippen molar-refractivity contribution >= 4 is 44.8 Å². The third-order valence-electron chi connectivity index (χ3n) is 5.66. The molecule has 10 nitrogen and oxygen atoms in total. The fourth-order valence-electron chi connectivity index (χ4n) is 3.71. The van der Waals surface area contributed by atoms with Crippen LogP contribution in [0.2, 0.25) is 5.02 Å². The minimum Gasteiger partial charge on any atom is -0.393 e. The molecule has 2 saturated carbocycles. The molecular weight excluding hydrogens is 504 g/mol. The summed E-state index contributed by atoms with van der Waals surface area (Å²) in [6, 6.07) is -0.292. The van der Waals surface area contributed by atoms with Gasteiger partial charge in [0.2, 0.25) is 5.78 Å². The fraction of sp³-hybridized carbons (Fsp3) is 0.476. The number of hydrogen-bond acceptors (Lipinski definition) is 10. The normalized spacial score (nSPS) is 23.2. The van der Waals surface area contributed by atoms with Crippen molar-refractivity contribution in [2.75, 3.05) is 11.9 Å². The first-order chi connectivity index (χ1) is 16.1. The average Bonchev–Trinajstić information content (AvgIpc) is 3.44. The summed E-state index contributed by atoms with van der Waals surface area (Å²) >= 11 is 7.52. The molecule has 0 bridgehead atoms. The number of thiophene rings is 1. The number of nitrogens with two attached hydrogens (primary N) is 1. The van der Waals surface area contributed by atoms with Gasteiger partial charge in [0.1, 0.15) is 18.2 Å². The molecule has 34 heavy (non-hydrogen) atoms. The lowest BCUT2D eigenvalue weighted by molar-refractivity contribution is 0.101. The van der Waals surface area contributed by atoms with E-state index < -0.39 is 34.2 Å². The number of aliphatic hydroxyl groups excluding tert-OH is 2. The maximum Gasteiger partial charge on any atom is 0.333 e. The molecule has 182 valence electrons. The zero-order valence-corrected chi connectivity index (χ0v) is 20.2. The molecule has 0 saturated heterocycles. The SMILES string of the molecule is NS(=O)(=O)OC[C@H]1C[C@@H](Nc2ncncc2C(=O)c2scc([C@@H](O)C#CC3CC3)c2Cl)C[C@@H]1O. The second kappa shape index (κ2) is 10.2. The molecule has 0 radical (unpaired) electrons. The number of halogens is 1. The van der Waals surface area contributed by atoms with E-state index in [1.165, 1.54) is 12.5 Å². The number of aromatic nitrogens is 2. The van der Waals surface area contributed by atoms with Crippen LogP contribution in [0.3, 0.4) is 0 Å². The zero-order chi connectivity index (χ0) is 24.5. The lowest BCUT2D eigenvalue weighted by atomic mass is 10.1. The van der Waals surface area contributed by atoms with E-state index in [0.29, 0.717) is 24.3 Å². The van der Waals surface area contributed by atoms with Crippen LogP contribution in [0.15, 0.2) is 17.9 Å². The monoisotopic (exact) mass is 526 g/mol. The Labute approximate surface area is 205 Å². The molecule has 2 aliphatic rings. The molecule has 2 aromatic heterocycles. The van der Waals surface area contributed by atoms with Gasteiger partial charge in [-0.1, -0.05) is 23.4 Å². The van der Waals surface area contributed by atoms with Gasteiger partial charge >= 0.3 is 10.3 Å². The number of nitrogens with zero attached hydrogens (tertiary/aromatic N) is 2. The van der Waals surface area contributed by atoms with E-state index in [0.717, 1.165) is 24.2 Å². The number of ketones is 1. The highest BCUT2D eigenvalue weighted by atomic mass is 35.5. The maximum absolute atomic E-state index is 13.3. The number of aliphatic hydroxyl groups is 2. The van der Waals surface area contributed by atoms with Crippen LogP contribution in [0.1, 0.15) is 52.6 Å². The minimum absolute atomic E-state index is 0.138. The number of carbonyl (C=O) groups is 1. The summed E-state index contributed by atoms with van der Waals surface area (Å²) in [4.78, 5) is 21.6. The topological polar surface area (TPSA) is 165 Å². The van der Waals surface area contributed by atoms with Gasteiger partial charge in [-0.05, 0) is 31.1 Å². The van der Waals surface area contributed by atoms with Crippen LogP contribution in [-0.2, 0) is 14.5 Å². The third-order valence-corrected chi connectivity index (χ3v) is 7.64. The first-order valence-electron chi connectivity index (χ1n) is 10.5. The Morgan fingerprint density at radius 3 is 2.88 bits per heavy atom. The summed E-state index contributed by atoms with van der Waals surface area (Å²) in [5.74, 6) is 5.47. The third kappa shape index (κ3) is 6.11. The number of hydrogen-bond donors (Lipinski definition) is 4. The highest BCUT2D eigenvalue weighted by Gasteiger charge is 2.35. The van der Waals surface area contributed by atoms with Gasteiger partial charge in [-0.2, -0.15) is 8.42 Å². The summed E-state index contributed by atoms with van der Waals surface area (Å²) in [5, 5.41) is 30.3. The molecule has 2 heterocycles. The van der Waals surface area contributed by atoms with E-state index >= 15 is 0 Å². The molecule has 0 amide bonds. The van der Waals surface area contributed by atoms with Crippen molar-refractivity contribution in [3.8, 4) is 11.8 Å². The van der Waals surface area contributed by atoms with Crippen molar-refractivity contribution in [3.05, 3.63) is 38.9 Å². The van der Waals surface area contributed by atoms with Crippen LogP contribution < -0.4 is 10.5 Å². The molecule has 0 spiro atoms. The predicted octanol–water partition coefficient (Wildman–Crippen LogP) is 1.64.